The van der Waals surface area contributed by atoms with Crippen molar-refractivity contribution in [3.8, 4) is 5.75 Å². The summed E-state index contributed by atoms with van der Waals surface area (Å²) in [5, 5.41) is 6.51. The minimum Gasteiger partial charge on any atom is -0.493 e. The van der Waals surface area contributed by atoms with E-state index >= 15 is 0 Å². The Bertz CT molecular complexity index is 831. The van der Waals surface area contributed by atoms with E-state index in [-0.39, 0.29) is 18.0 Å². The average molecular weight is 408 g/mol. The van der Waals surface area contributed by atoms with Crippen LogP contribution in [0.4, 0.5) is 5.69 Å². The Morgan fingerprint density at radius 3 is 2.67 bits per heavy atom. The predicted molar refractivity (Wildman–Crippen MR) is 121 cm³/mol. The van der Waals surface area contributed by atoms with Gasteiger partial charge in [-0.3, -0.25) is 4.79 Å². The van der Waals surface area contributed by atoms with Crippen molar-refractivity contribution in [2.24, 2.45) is 0 Å². The fraction of sp³-hybridized carbons (Fsp3) is 0.480. The lowest BCUT2D eigenvalue weighted by atomic mass is 10.0. The van der Waals surface area contributed by atoms with Crippen LogP contribution in [-0.2, 0) is 11.2 Å². The zero-order valence-corrected chi connectivity index (χ0v) is 17.9. The fourth-order valence-electron chi connectivity index (χ4n) is 4.34. The maximum absolute atomic E-state index is 12.7. The number of hydrogen-bond acceptors (Lipinski definition) is 4. The number of carbonyl (C=O) groups excluding carboxylic acids is 1. The molecule has 2 atom stereocenters. The Morgan fingerprint density at radius 2 is 1.87 bits per heavy atom. The van der Waals surface area contributed by atoms with Gasteiger partial charge in [0.2, 0.25) is 5.91 Å². The number of para-hydroxylation sites is 1. The normalized spacial score (nSPS) is 20.0. The number of fused-ring (bicyclic) bond motifs is 1. The predicted octanol–water partition coefficient (Wildman–Crippen LogP) is 4.16. The molecular weight excluding hydrogens is 374 g/mol. The second kappa shape index (κ2) is 9.98. The number of likely N-dealkylation sites (tertiary alicyclic amines) is 1. The van der Waals surface area contributed by atoms with Crippen LogP contribution in [0.5, 0.6) is 5.75 Å². The van der Waals surface area contributed by atoms with Crippen LogP contribution in [0.2, 0.25) is 0 Å². The average Bonchev–Trinajstić information content (AvgIpc) is 2.79. The van der Waals surface area contributed by atoms with Gasteiger partial charge in [-0.2, -0.15) is 0 Å². The molecular formula is C25H33N3O2. The van der Waals surface area contributed by atoms with Crippen molar-refractivity contribution in [3.63, 3.8) is 0 Å². The number of benzene rings is 2. The van der Waals surface area contributed by atoms with E-state index in [1.165, 1.54) is 37.9 Å². The summed E-state index contributed by atoms with van der Waals surface area (Å²) in [6.45, 7) is 6.15. The van der Waals surface area contributed by atoms with Crippen LogP contribution < -0.4 is 15.4 Å². The van der Waals surface area contributed by atoms with Gasteiger partial charge in [0, 0.05) is 24.2 Å². The van der Waals surface area contributed by atoms with Gasteiger partial charge < -0.3 is 20.3 Å². The molecule has 0 spiro atoms. The van der Waals surface area contributed by atoms with Gasteiger partial charge in [0.05, 0.1) is 12.6 Å². The number of nitrogens with one attached hydrogen (secondary N) is 2. The molecule has 0 radical (unpaired) electrons. The minimum atomic E-state index is -0.306. The first kappa shape index (κ1) is 20.7. The van der Waals surface area contributed by atoms with Crippen molar-refractivity contribution >= 4 is 11.6 Å². The first-order valence-corrected chi connectivity index (χ1v) is 11.3. The van der Waals surface area contributed by atoms with Crippen molar-refractivity contribution in [2.45, 2.75) is 51.1 Å². The van der Waals surface area contributed by atoms with Crippen LogP contribution in [0.15, 0.2) is 48.5 Å². The van der Waals surface area contributed by atoms with Gasteiger partial charge in [0.15, 0.2) is 0 Å². The molecule has 0 aromatic heterocycles. The molecule has 2 aliphatic rings. The Kier molecular flexibility index (Phi) is 6.90. The molecule has 2 aromatic carbocycles. The van der Waals surface area contributed by atoms with Gasteiger partial charge in [0.1, 0.15) is 11.8 Å². The fourth-order valence-corrected chi connectivity index (χ4v) is 4.34. The van der Waals surface area contributed by atoms with Gasteiger partial charge >= 0.3 is 0 Å². The van der Waals surface area contributed by atoms with Crippen LogP contribution >= 0.6 is 0 Å². The molecule has 2 N–H and O–H groups in total. The smallest absolute Gasteiger partial charge is 0.242 e. The monoisotopic (exact) mass is 407 g/mol. The molecule has 5 heteroatoms. The van der Waals surface area contributed by atoms with Gasteiger partial charge in [-0.15, -0.1) is 0 Å². The molecule has 0 aliphatic carbocycles. The van der Waals surface area contributed by atoms with Gasteiger partial charge in [-0.1, -0.05) is 36.8 Å². The Hall–Kier alpha value is -2.53. The molecule has 0 bridgehead atoms. The molecule has 0 saturated carbocycles. The number of anilines is 1. The largest absolute Gasteiger partial charge is 0.493 e. The van der Waals surface area contributed by atoms with Gasteiger partial charge in [0.25, 0.3) is 0 Å². The highest BCUT2D eigenvalue weighted by Crippen LogP contribution is 2.31. The highest BCUT2D eigenvalue weighted by atomic mass is 16.5. The zero-order chi connectivity index (χ0) is 20.8. The minimum absolute atomic E-state index is 0.00358. The van der Waals surface area contributed by atoms with Crippen LogP contribution in [0.3, 0.4) is 0 Å². The van der Waals surface area contributed by atoms with Crippen molar-refractivity contribution in [1.82, 2.24) is 10.2 Å². The molecule has 0 unspecified atom stereocenters. The second-order valence-corrected chi connectivity index (χ2v) is 8.45. The van der Waals surface area contributed by atoms with Crippen molar-refractivity contribution < 1.29 is 9.53 Å². The highest BCUT2D eigenvalue weighted by Gasteiger charge is 2.24. The van der Waals surface area contributed by atoms with E-state index in [0.717, 1.165) is 36.4 Å². The molecule has 2 aromatic rings. The molecule has 5 nitrogen and oxygen atoms in total. The van der Waals surface area contributed by atoms with E-state index < -0.39 is 0 Å². The van der Waals surface area contributed by atoms with E-state index in [0.29, 0.717) is 6.61 Å². The van der Waals surface area contributed by atoms with Crippen molar-refractivity contribution in [1.29, 1.82) is 0 Å². The van der Waals surface area contributed by atoms with E-state index in [4.69, 9.17) is 4.74 Å². The van der Waals surface area contributed by atoms with E-state index in [1.807, 2.05) is 31.2 Å². The van der Waals surface area contributed by atoms with Crippen LogP contribution in [0.1, 0.15) is 49.8 Å². The second-order valence-electron chi connectivity index (χ2n) is 8.45. The standard InChI is InChI=1S/C25H33N3O2/c1-19(25(29)27-23-14-18-30-24-8-4-3-7-22(23)24)26-21-11-9-20(10-12-21)13-17-28-15-5-2-6-16-28/h3-4,7-12,19,23,26H,2,5-6,13-18H2,1H3,(H,27,29)/t19-,23-/m0/s1. The molecule has 2 aliphatic heterocycles. The number of ether oxygens (including phenoxy) is 1. The number of rotatable bonds is 7. The van der Waals surface area contributed by atoms with Gasteiger partial charge in [-0.25, -0.2) is 0 Å². The lowest BCUT2D eigenvalue weighted by Gasteiger charge is -2.28. The first-order chi connectivity index (χ1) is 14.7. The van der Waals surface area contributed by atoms with Crippen LogP contribution in [0.25, 0.3) is 0 Å². The van der Waals surface area contributed by atoms with Gasteiger partial charge in [-0.05, 0) is 63.0 Å². The first-order valence-electron chi connectivity index (χ1n) is 11.3. The van der Waals surface area contributed by atoms with Crippen LogP contribution in [0, 0.1) is 0 Å². The summed E-state index contributed by atoms with van der Waals surface area (Å²) in [6.07, 6.45) is 5.93. The van der Waals surface area contributed by atoms with E-state index in [2.05, 4.69) is 39.8 Å². The third kappa shape index (κ3) is 5.33. The van der Waals surface area contributed by atoms with Crippen LogP contribution in [-0.4, -0.2) is 43.1 Å². The molecule has 30 heavy (non-hydrogen) atoms. The summed E-state index contributed by atoms with van der Waals surface area (Å²) in [4.78, 5) is 15.3. The van der Waals surface area contributed by atoms with Crippen molar-refractivity contribution in [3.05, 3.63) is 59.7 Å². The SMILES string of the molecule is C[C@H](Nc1ccc(CCN2CCCCC2)cc1)C(=O)N[C@H]1CCOc2ccccc21. The molecule has 1 saturated heterocycles. The topological polar surface area (TPSA) is 53.6 Å². The summed E-state index contributed by atoms with van der Waals surface area (Å²) in [6, 6.07) is 16.1. The maximum atomic E-state index is 12.7. The zero-order valence-electron chi connectivity index (χ0n) is 17.9. The third-order valence-corrected chi connectivity index (χ3v) is 6.17. The Labute approximate surface area is 179 Å². The molecule has 2 heterocycles. The van der Waals surface area contributed by atoms with E-state index in [9.17, 15) is 4.79 Å². The summed E-state index contributed by atoms with van der Waals surface area (Å²) in [7, 11) is 0. The number of hydrogen-bond donors (Lipinski definition) is 2. The third-order valence-electron chi connectivity index (χ3n) is 6.17. The maximum Gasteiger partial charge on any atom is 0.242 e. The highest BCUT2D eigenvalue weighted by molar-refractivity contribution is 5.84. The summed E-state index contributed by atoms with van der Waals surface area (Å²) < 4.78 is 5.69. The van der Waals surface area contributed by atoms with Crippen molar-refractivity contribution in [2.75, 3.05) is 31.6 Å². The number of piperidine rings is 1. The number of carbonyl (C=O) groups is 1. The molecule has 4 rings (SSSR count). The summed E-state index contributed by atoms with van der Waals surface area (Å²) in [5.41, 5.74) is 3.39. The lowest BCUT2D eigenvalue weighted by molar-refractivity contribution is -0.122. The molecule has 1 amide bonds. The number of nitrogens with zero attached hydrogens (tertiary/aromatic N) is 1. The quantitative estimate of drug-likeness (QED) is 0.724. The Morgan fingerprint density at radius 1 is 1.10 bits per heavy atom. The molecule has 1 fully saturated rings. The summed E-state index contributed by atoms with van der Waals surface area (Å²) >= 11 is 0. The lowest BCUT2D eigenvalue weighted by Crippen LogP contribution is -2.41. The molecule has 160 valence electrons. The summed E-state index contributed by atoms with van der Waals surface area (Å²) in [5.74, 6) is 0.876. The van der Waals surface area contributed by atoms with E-state index in [1.54, 1.807) is 0 Å². The number of amides is 1. The Balaban J connectivity index is 1.27.